The highest BCUT2D eigenvalue weighted by Gasteiger charge is 2.45. The number of likely N-dealkylation sites (N-methyl/N-ethyl adjacent to an activating group) is 2. The maximum Gasteiger partial charge on any atom is 0.329 e. The molecule has 19 nitrogen and oxygen atoms in total. The fourth-order valence-electron chi connectivity index (χ4n) is 9.48. The number of esters is 2. The molecule has 0 aliphatic carbocycles. The average molecular weight is 1040 g/mol. The summed E-state index contributed by atoms with van der Waals surface area (Å²) in [5, 5.41) is 20.1. The summed E-state index contributed by atoms with van der Waals surface area (Å²) in [7, 11) is 4.46. The SMILES string of the molecule is CCCCCC(=O)N(C)[C@H](CC(C)C)C(=O)N[C@@H]1C(=O)N[C@@H]([C@@H](C)CC)[C@H](O)CC(=O)O[C@H](C(C)C)C(=O)[C@H](C)C(=O)N[C@H](CC(C)C)C(=O)N2CCC[C@H]2C(=O)N(C)[C@@H](Cc2ccc(OC)cc2)C(=O)O[C@H]1C. The highest BCUT2D eigenvalue weighted by Crippen LogP contribution is 2.26. The van der Waals surface area contributed by atoms with Crippen LogP contribution >= 0.6 is 0 Å². The minimum absolute atomic E-state index is 0.0771. The van der Waals surface area contributed by atoms with E-state index in [2.05, 4.69) is 16.0 Å². The zero-order valence-corrected chi connectivity index (χ0v) is 46.6. The Kier molecular flexibility index (Phi) is 25.0. The summed E-state index contributed by atoms with van der Waals surface area (Å²) in [5.74, 6) is -8.62. The van der Waals surface area contributed by atoms with Crippen LogP contribution in [-0.4, -0.2) is 155 Å². The van der Waals surface area contributed by atoms with Crippen LogP contribution in [0.15, 0.2) is 24.3 Å². The summed E-state index contributed by atoms with van der Waals surface area (Å²) in [6.07, 6.45) is -1.30. The van der Waals surface area contributed by atoms with Crippen LogP contribution in [0.3, 0.4) is 0 Å². The molecule has 2 aliphatic heterocycles. The van der Waals surface area contributed by atoms with Crippen LogP contribution in [0.25, 0.3) is 0 Å². The Balaban J connectivity index is 2.27. The standard InChI is InChI=1S/C55H88N6O13/c1-15-17-18-21-44(63)59(12)41(28-32(5)6)51(67)58-47-36(11)73-55(71)42(29-37-22-24-38(72-14)25-23-37)60(13)54(70)40-20-19-26-61(40)53(69)39(27-31(3)4)56-50(66)35(10)48(65)49(33(7)8)74-45(64)30-43(62)46(34(9)16-2)57-52(47)68/h22-25,31-36,39-43,46-47,49,62H,15-21,26-30H2,1-14H3,(H,56,66)(H,57,68)(H,58,67)/t34-,35-,36-,39+,40-,41+,42-,43+,46-,47-,49+/m0/s1. The molecule has 2 fully saturated rings. The van der Waals surface area contributed by atoms with E-state index in [1.54, 1.807) is 45.0 Å². The molecular formula is C55H88N6O13. The number of unbranched alkanes of at least 4 members (excludes halogenated alkanes) is 2. The Labute approximate surface area is 439 Å². The van der Waals surface area contributed by atoms with Gasteiger partial charge in [-0.1, -0.05) is 93.7 Å². The van der Waals surface area contributed by atoms with Gasteiger partial charge in [0.15, 0.2) is 11.9 Å². The van der Waals surface area contributed by atoms with Gasteiger partial charge >= 0.3 is 11.9 Å². The van der Waals surface area contributed by atoms with E-state index in [4.69, 9.17) is 14.2 Å². The molecule has 2 saturated heterocycles. The number of Topliss-reactive ketones (excluding diaryl/α,β-unsaturated/α-hetero) is 1. The first-order valence-corrected chi connectivity index (χ1v) is 26.8. The van der Waals surface area contributed by atoms with Crippen LogP contribution in [0.5, 0.6) is 5.75 Å². The number of carbonyl (C=O) groups excluding carboxylic acids is 9. The number of hydrogen-bond donors (Lipinski definition) is 4. The van der Waals surface area contributed by atoms with E-state index in [1.807, 2.05) is 41.5 Å². The van der Waals surface area contributed by atoms with Crippen molar-refractivity contribution in [1.29, 1.82) is 0 Å². The zero-order chi connectivity index (χ0) is 55.7. The largest absolute Gasteiger partial charge is 0.497 e. The number of fused-ring (bicyclic) bond motifs is 1. The van der Waals surface area contributed by atoms with Gasteiger partial charge in [-0.2, -0.15) is 0 Å². The zero-order valence-electron chi connectivity index (χ0n) is 46.6. The molecule has 0 radical (unpaired) electrons. The second-order valence-electron chi connectivity index (χ2n) is 21.6. The van der Waals surface area contributed by atoms with Gasteiger partial charge in [0.05, 0.1) is 31.6 Å². The van der Waals surface area contributed by atoms with Gasteiger partial charge in [-0.25, -0.2) is 4.79 Å². The van der Waals surface area contributed by atoms with Crippen molar-refractivity contribution in [3.8, 4) is 5.75 Å². The minimum Gasteiger partial charge on any atom is -0.497 e. The Morgan fingerprint density at radius 2 is 1.54 bits per heavy atom. The number of ether oxygens (including phenoxy) is 3. The number of cyclic esters (lactones) is 2. The van der Waals surface area contributed by atoms with Crippen molar-refractivity contribution in [2.45, 2.75) is 201 Å². The van der Waals surface area contributed by atoms with E-state index >= 15 is 0 Å². The van der Waals surface area contributed by atoms with E-state index < -0.39 is 126 Å². The number of aliphatic hydroxyl groups excluding tert-OH is 1. The molecule has 2 aliphatic rings. The molecule has 3 rings (SSSR count). The fraction of sp³-hybridized carbons (Fsp3) is 0.727. The smallest absolute Gasteiger partial charge is 0.329 e. The van der Waals surface area contributed by atoms with Crippen LogP contribution in [-0.2, 0) is 59.0 Å². The van der Waals surface area contributed by atoms with Crippen molar-refractivity contribution in [1.82, 2.24) is 30.7 Å². The van der Waals surface area contributed by atoms with Gasteiger partial charge in [-0.3, -0.25) is 38.4 Å². The van der Waals surface area contributed by atoms with Crippen LogP contribution < -0.4 is 20.7 Å². The molecule has 4 N–H and O–H groups in total. The van der Waals surface area contributed by atoms with Crippen molar-refractivity contribution in [2.75, 3.05) is 27.7 Å². The third-order valence-corrected chi connectivity index (χ3v) is 14.3. The lowest BCUT2D eigenvalue weighted by Gasteiger charge is -2.36. The number of carbonyl (C=O) groups is 9. The van der Waals surface area contributed by atoms with E-state index in [0.717, 1.165) is 12.8 Å². The highest BCUT2D eigenvalue weighted by atomic mass is 16.6. The topological polar surface area (TPSA) is 247 Å². The number of amides is 6. The Morgan fingerprint density at radius 1 is 0.892 bits per heavy atom. The number of rotatable bonds is 17. The molecule has 1 aromatic carbocycles. The van der Waals surface area contributed by atoms with Gasteiger partial charge in [-0.15, -0.1) is 0 Å². The normalized spacial score (nSPS) is 26.2. The first-order chi connectivity index (χ1) is 34.8. The van der Waals surface area contributed by atoms with Crippen molar-refractivity contribution in [3.05, 3.63) is 29.8 Å². The number of benzene rings is 1. The maximum atomic E-state index is 14.9. The van der Waals surface area contributed by atoms with Gasteiger partial charge in [0.25, 0.3) is 0 Å². The number of aliphatic hydroxyl groups is 1. The second kappa shape index (κ2) is 29.5. The van der Waals surface area contributed by atoms with Gasteiger partial charge < -0.3 is 50.0 Å². The van der Waals surface area contributed by atoms with E-state index in [0.29, 0.717) is 30.6 Å². The van der Waals surface area contributed by atoms with Crippen LogP contribution in [0.2, 0.25) is 0 Å². The molecule has 19 heteroatoms. The predicted molar refractivity (Wildman–Crippen MR) is 278 cm³/mol. The van der Waals surface area contributed by atoms with Crippen molar-refractivity contribution in [2.24, 2.45) is 29.6 Å². The monoisotopic (exact) mass is 1040 g/mol. The van der Waals surface area contributed by atoms with Crippen LogP contribution in [0.4, 0.5) is 0 Å². The molecule has 0 bridgehead atoms. The molecule has 6 amide bonds. The Morgan fingerprint density at radius 3 is 2.11 bits per heavy atom. The first kappa shape index (κ1) is 62.7. The molecule has 0 aromatic heterocycles. The molecule has 11 atom stereocenters. The lowest BCUT2D eigenvalue weighted by atomic mass is 9.91. The molecule has 2 heterocycles. The molecule has 416 valence electrons. The molecule has 0 spiro atoms. The molecule has 1 aromatic rings. The third kappa shape index (κ3) is 17.5. The molecule has 74 heavy (non-hydrogen) atoms. The second-order valence-corrected chi connectivity index (χ2v) is 21.6. The Hall–Kier alpha value is -5.59. The van der Waals surface area contributed by atoms with Gasteiger partial charge in [0.1, 0.15) is 42.1 Å². The van der Waals surface area contributed by atoms with Gasteiger partial charge in [-0.05, 0) is 87.3 Å². The van der Waals surface area contributed by atoms with Crippen LogP contribution in [0.1, 0.15) is 146 Å². The van der Waals surface area contributed by atoms with Gasteiger partial charge in [0.2, 0.25) is 35.4 Å². The van der Waals surface area contributed by atoms with E-state index in [9.17, 15) is 48.3 Å². The number of methoxy groups -OCH3 is 1. The fourth-order valence-corrected chi connectivity index (χ4v) is 9.48. The molecule has 0 unspecified atom stereocenters. The summed E-state index contributed by atoms with van der Waals surface area (Å²) in [5.41, 5.74) is 0.606. The summed E-state index contributed by atoms with van der Waals surface area (Å²) in [4.78, 5) is 133. The van der Waals surface area contributed by atoms with Crippen molar-refractivity contribution >= 4 is 53.2 Å². The Bertz CT molecular complexity index is 2080. The highest BCUT2D eigenvalue weighted by molar-refractivity contribution is 6.05. The average Bonchev–Trinajstić information content (AvgIpc) is 3.85. The number of hydrogen-bond acceptors (Lipinski definition) is 13. The van der Waals surface area contributed by atoms with E-state index in [1.165, 1.54) is 49.8 Å². The summed E-state index contributed by atoms with van der Waals surface area (Å²) >= 11 is 0. The quantitative estimate of drug-likeness (QED) is 0.0954. The van der Waals surface area contributed by atoms with E-state index in [-0.39, 0.29) is 56.4 Å². The first-order valence-electron chi connectivity index (χ1n) is 26.8. The molecular weight excluding hydrogens is 953 g/mol. The number of nitrogens with zero attached hydrogens (tertiary/aromatic N) is 3. The lowest BCUT2D eigenvalue weighted by Crippen LogP contribution is -2.61. The number of ketones is 1. The third-order valence-electron chi connectivity index (χ3n) is 14.3. The van der Waals surface area contributed by atoms with Crippen molar-refractivity contribution < 1.29 is 62.5 Å². The number of nitrogens with one attached hydrogen (secondary N) is 3. The molecule has 0 saturated carbocycles. The van der Waals surface area contributed by atoms with Crippen LogP contribution in [0, 0.1) is 29.6 Å². The minimum atomic E-state index is -1.66. The predicted octanol–water partition coefficient (Wildman–Crippen LogP) is 4.53. The lowest BCUT2D eigenvalue weighted by molar-refractivity contribution is -0.163. The summed E-state index contributed by atoms with van der Waals surface area (Å²) < 4.78 is 17.2. The maximum absolute atomic E-state index is 14.9. The summed E-state index contributed by atoms with van der Waals surface area (Å²) in [6.45, 7) is 19.3. The van der Waals surface area contributed by atoms with Crippen molar-refractivity contribution in [3.63, 3.8) is 0 Å². The van der Waals surface area contributed by atoms with Gasteiger partial charge in [0, 0.05) is 33.5 Å². The summed E-state index contributed by atoms with van der Waals surface area (Å²) in [6, 6.07) is -0.600.